The molecule has 0 unspecified atom stereocenters. The molecule has 0 aliphatic carbocycles. The van der Waals surface area contributed by atoms with Crippen molar-refractivity contribution in [2.75, 3.05) is 13.3 Å². The third-order valence-corrected chi connectivity index (χ3v) is 2.20. The van der Waals surface area contributed by atoms with Crippen LogP contribution in [0.4, 0.5) is 0 Å². The third kappa shape index (κ3) is 11.4. The third-order valence-electron chi connectivity index (χ3n) is 1.46. The van der Waals surface area contributed by atoms with Gasteiger partial charge in [-0.15, -0.1) is 11.8 Å². The van der Waals surface area contributed by atoms with Gasteiger partial charge < -0.3 is 20.1 Å². The van der Waals surface area contributed by atoms with Gasteiger partial charge in [0.1, 0.15) is 0 Å². The molecule has 17 heavy (non-hydrogen) atoms. The van der Waals surface area contributed by atoms with E-state index in [1.54, 1.807) is 25.0 Å². The van der Waals surface area contributed by atoms with Gasteiger partial charge in [-0.3, -0.25) is 0 Å². The van der Waals surface area contributed by atoms with Crippen molar-refractivity contribution in [3.05, 3.63) is 29.8 Å². The molecule has 8 heteroatoms. The molecule has 0 spiro atoms. The lowest BCUT2D eigenvalue weighted by Crippen LogP contribution is -1.94. The molecular weight excluding hydrogens is 263 g/mol. The Balaban J connectivity index is 0.000000437. The van der Waals surface area contributed by atoms with Crippen molar-refractivity contribution < 1.29 is 19.2 Å². The molecule has 0 atom stereocenters. The molecule has 0 saturated heterocycles. The second-order valence-corrected chi connectivity index (χ2v) is 4.67. The molecule has 1 rings (SSSR count). The predicted molar refractivity (Wildman–Crippen MR) is 69.1 cm³/mol. The van der Waals surface area contributed by atoms with Crippen LogP contribution in [0.5, 0.6) is 0 Å². The number of phosphoric acid groups is 1. The predicted octanol–water partition coefficient (Wildman–Crippen LogP) is 1.03. The molecule has 1 aromatic rings. The number of hydrogen-bond acceptors (Lipinski definition) is 4. The highest BCUT2D eigenvalue weighted by Crippen LogP contribution is 2.25. The van der Waals surface area contributed by atoms with E-state index in [1.807, 2.05) is 12.1 Å². The van der Waals surface area contributed by atoms with Crippen molar-refractivity contribution in [1.82, 2.24) is 5.43 Å². The molecule has 0 fully saturated rings. The summed E-state index contributed by atoms with van der Waals surface area (Å²) < 4.78 is 8.88. The van der Waals surface area contributed by atoms with Crippen LogP contribution in [-0.2, 0) is 4.57 Å². The number of hydrazone groups is 1. The summed E-state index contributed by atoms with van der Waals surface area (Å²) in [4.78, 5) is 22.8. The van der Waals surface area contributed by atoms with Gasteiger partial charge in [-0.2, -0.15) is 5.10 Å². The van der Waals surface area contributed by atoms with Crippen molar-refractivity contribution in [1.29, 1.82) is 0 Å². The minimum atomic E-state index is -4.64. The molecule has 0 aliphatic heterocycles. The van der Waals surface area contributed by atoms with E-state index in [2.05, 4.69) is 28.9 Å². The van der Waals surface area contributed by atoms with Crippen LogP contribution in [0.1, 0.15) is 5.56 Å². The first-order valence-electron chi connectivity index (χ1n) is 4.49. The summed E-state index contributed by atoms with van der Waals surface area (Å²) in [5.41, 5.74) is 3.82. The maximum Gasteiger partial charge on any atom is 0.466 e. The maximum absolute atomic E-state index is 8.88. The summed E-state index contributed by atoms with van der Waals surface area (Å²) in [5, 5.41) is 3.92. The normalized spacial score (nSPS) is 10.9. The minimum absolute atomic E-state index is 1.11. The lowest BCUT2D eigenvalue weighted by atomic mass is 10.2. The van der Waals surface area contributed by atoms with Crippen LogP contribution < -0.4 is 5.43 Å². The molecule has 6 nitrogen and oxygen atoms in total. The van der Waals surface area contributed by atoms with Gasteiger partial charge in [-0.25, -0.2) is 4.57 Å². The second-order valence-electron chi connectivity index (χ2n) is 2.77. The van der Waals surface area contributed by atoms with E-state index in [1.165, 1.54) is 4.90 Å². The first-order valence-corrected chi connectivity index (χ1v) is 7.28. The van der Waals surface area contributed by atoms with Crippen molar-refractivity contribution >= 4 is 25.8 Å². The van der Waals surface area contributed by atoms with Gasteiger partial charge in [0.15, 0.2) is 0 Å². The molecule has 0 amide bonds. The fourth-order valence-electron chi connectivity index (χ4n) is 0.829. The Morgan fingerprint density at radius 3 is 2.12 bits per heavy atom. The fourth-order valence-corrected chi connectivity index (χ4v) is 1.24. The first kappa shape index (κ1) is 16.1. The average molecular weight is 278 g/mol. The van der Waals surface area contributed by atoms with Gasteiger partial charge in [0, 0.05) is 11.9 Å². The van der Waals surface area contributed by atoms with Crippen LogP contribution in [-0.4, -0.2) is 34.2 Å². The summed E-state index contributed by atoms with van der Waals surface area (Å²) in [6.07, 6.45) is 3.86. The number of nitrogens with one attached hydrogen (secondary N) is 1. The summed E-state index contributed by atoms with van der Waals surface area (Å²) in [5.74, 6) is 0. The number of nitrogens with zero attached hydrogens (tertiary/aromatic N) is 1. The lowest BCUT2D eigenvalue weighted by Gasteiger charge is -1.95. The van der Waals surface area contributed by atoms with Gasteiger partial charge in [-0.05, 0) is 24.0 Å². The average Bonchev–Trinajstić information content (AvgIpc) is 2.25. The Hall–Kier alpha value is -0.850. The van der Waals surface area contributed by atoms with Gasteiger partial charge in [0.25, 0.3) is 0 Å². The van der Waals surface area contributed by atoms with Crippen molar-refractivity contribution in [3.63, 3.8) is 0 Å². The SMILES string of the molecule is CN/N=C/c1ccc(SC)cc1.O=P(O)(O)O. The molecule has 0 saturated carbocycles. The maximum atomic E-state index is 8.88. The second kappa shape index (κ2) is 8.27. The van der Waals surface area contributed by atoms with Gasteiger partial charge in [0.05, 0.1) is 6.21 Å². The van der Waals surface area contributed by atoms with Crippen molar-refractivity contribution in [3.8, 4) is 0 Å². The summed E-state index contributed by atoms with van der Waals surface area (Å²) in [7, 11) is -2.85. The van der Waals surface area contributed by atoms with E-state index >= 15 is 0 Å². The smallest absolute Gasteiger partial charge is 0.313 e. The van der Waals surface area contributed by atoms with Crippen LogP contribution in [0.15, 0.2) is 34.3 Å². The molecular formula is C9H15N2O4PS. The van der Waals surface area contributed by atoms with E-state index in [9.17, 15) is 0 Å². The zero-order valence-corrected chi connectivity index (χ0v) is 11.2. The largest absolute Gasteiger partial charge is 0.466 e. The molecule has 96 valence electrons. The topological polar surface area (TPSA) is 102 Å². The van der Waals surface area contributed by atoms with E-state index < -0.39 is 7.82 Å². The van der Waals surface area contributed by atoms with E-state index in [0.29, 0.717) is 0 Å². The van der Waals surface area contributed by atoms with Crippen LogP contribution in [0.2, 0.25) is 0 Å². The Bertz CT molecular complexity index is 382. The highest BCUT2D eigenvalue weighted by molar-refractivity contribution is 7.98. The van der Waals surface area contributed by atoms with E-state index in [0.717, 1.165) is 5.56 Å². The summed E-state index contributed by atoms with van der Waals surface area (Å²) >= 11 is 1.74. The van der Waals surface area contributed by atoms with Gasteiger partial charge in [-0.1, -0.05) is 12.1 Å². The van der Waals surface area contributed by atoms with Crippen molar-refractivity contribution in [2.45, 2.75) is 4.90 Å². The van der Waals surface area contributed by atoms with Crippen LogP contribution in [0.3, 0.4) is 0 Å². The van der Waals surface area contributed by atoms with E-state index in [4.69, 9.17) is 19.2 Å². The highest BCUT2D eigenvalue weighted by atomic mass is 32.2. The van der Waals surface area contributed by atoms with Gasteiger partial charge in [0.2, 0.25) is 0 Å². The Labute approximate surface area is 104 Å². The number of thioether (sulfide) groups is 1. The molecule has 0 heterocycles. The zero-order chi connectivity index (χ0) is 13.3. The number of hydrogen-bond donors (Lipinski definition) is 4. The molecule has 0 aromatic heterocycles. The standard InChI is InChI=1S/C9H12N2S.H3O4P/c1-10-11-7-8-3-5-9(12-2)6-4-8;1-5(2,3)4/h3-7,10H,1-2H3;(H3,1,2,3,4)/b11-7+;. The van der Waals surface area contributed by atoms with E-state index in [-0.39, 0.29) is 0 Å². The number of rotatable bonds is 3. The van der Waals surface area contributed by atoms with Crippen LogP contribution in [0.25, 0.3) is 0 Å². The zero-order valence-electron chi connectivity index (χ0n) is 9.44. The highest BCUT2D eigenvalue weighted by Gasteiger charge is 2.00. The first-order chi connectivity index (χ1) is 7.86. The van der Waals surface area contributed by atoms with Crippen molar-refractivity contribution in [2.24, 2.45) is 5.10 Å². The summed E-state index contributed by atoms with van der Waals surface area (Å²) in [6, 6.07) is 8.27. The van der Waals surface area contributed by atoms with Crippen LogP contribution >= 0.6 is 19.6 Å². The van der Waals surface area contributed by atoms with Crippen LogP contribution in [0, 0.1) is 0 Å². The quantitative estimate of drug-likeness (QED) is 0.285. The molecule has 0 aliphatic rings. The molecule has 4 N–H and O–H groups in total. The Kier molecular flexibility index (Phi) is 7.86. The molecule has 1 aromatic carbocycles. The Morgan fingerprint density at radius 1 is 1.29 bits per heavy atom. The molecule has 0 bridgehead atoms. The number of benzene rings is 1. The Morgan fingerprint density at radius 2 is 1.76 bits per heavy atom. The monoisotopic (exact) mass is 278 g/mol. The minimum Gasteiger partial charge on any atom is -0.313 e. The summed E-state index contributed by atoms with van der Waals surface area (Å²) in [6.45, 7) is 0. The van der Waals surface area contributed by atoms with Gasteiger partial charge >= 0.3 is 7.82 Å². The molecule has 0 radical (unpaired) electrons. The lowest BCUT2D eigenvalue weighted by molar-refractivity contribution is 0.275. The fraction of sp³-hybridized carbons (Fsp3) is 0.222.